The first-order chi connectivity index (χ1) is 22.4. The first-order valence-electron chi connectivity index (χ1n) is 16.2. The number of aromatic hydroxyl groups is 1. The van der Waals surface area contributed by atoms with E-state index in [1.54, 1.807) is 6.07 Å². The van der Waals surface area contributed by atoms with Crippen molar-refractivity contribution in [2.45, 2.75) is 59.3 Å². The van der Waals surface area contributed by atoms with Gasteiger partial charge in [-0.15, -0.1) is 35.4 Å². The van der Waals surface area contributed by atoms with Crippen LogP contribution in [0, 0.1) is 13.0 Å². The molecule has 48 heavy (non-hydrogen) atoms. The third kappa shape index (κ3) is 5.88. The Morgan fingerprint density at radius 2 is 1.35 bits per heavy atom. The molecule has 2 heterocycles. The molecule has 7 aromatic rings. The van der Waals surface area contributed by atoms with Crippen LogP contribution in [0.25, 0.3) is 61.3 Å². The molecule has 0 fully saturated rings. The Morgan fingerprint density at radius 1 is 0.667 bits per heavy atom. The predicted molar refractivity (Wildman–Crippen MR) is 195 cm³/mol. The zero-order valence-electron chi connectivity index (χ0n) is 28.5. The van der Waals surface area contributed by atoms with E-state index in [1.165, 1.54) is 11.1 Å². The van der Waals surface area contributed by atoms with Gasteiger partial charge in [-0.2, -0.15) is 0 Å². The van der Waals surface area contributed by atoms with Crippen LogP contribution in [-0.4, -0.2) is 19.6 Å². The Balaban J connectivity index is 0.00000401. The zero-order valence-corrected chi connectivity index (χ0v) is 30.8. The maximum atomic E-state index is 11.4. The third-order valence-electron chi connectivity index (χ3n) is 9.11. The molecule has 0 saturated carbocycles. The number of imidazole rings is 1. The summed E-state index contributed by atoms with van der Waals surface area (Å²) in [5.41, 5.74) is 11.9. The molecule has 244 valence electrons. The molecule has 0 amide bonds. The van der Waals surface area contributed by atoms with Crippen molar-refractivity contribution < 1.29 is 26.2 Å². The SMILES string of the molecule is Cc1c(C(C)(C)C)cc(-c2[c-]c(-c3cccc4cccnc34)ccc2)c2nc(-c3cc(C(C)(C)C)ccc3O)n(-c3ccccc3)c12.[Pt]. The molecule has 5 aromatic carbocycles. The summed E-state index contributed by atoms with van der Waals surface area (Å²) in [5, 5.41) is 12.5. The maximum Gasteiger partial charge on any atom is 0.148 e. The number of pyridine rings is 1. The Bertz CT molecular complexity index is 2280. The summed E-state index contributed by atoms with van der Waals surface area (Å²) in [6.07, 6.45) is 1.84. The Kier molecular flexibility index (Phi) is 8.68. The number of hydrogen-bond donors (Lipinski definition) is 1. The maximum absolute atomic E-state index is 11.4. The summed E-state index contributed by atoms with van der Waals surface area (Å²) < 4.78 is 2.23. The molecule has 0 saturated heterocycles. The van der Waals surface area contributed by atoms with Gasteiger partial charge in [-0.25, -0.2) is 4.98 Å². The zero-order chi connectivity index (χ0) is 33.1. The minimum absolute atomic E-state index is 0. The molecular formula is C43H40N3OPt-. The smallest absolute Gasteiger partial charge is 0.148 e. The molecule has 0 aliphatic heterocycles. The average Bonchev–Trinajstić information content (AvgIpc) is 3.45. The van der Waals surface area contributed by atoms with Gasteiger partial charge in [-0.3, -0.25) is 9.55 Å². The van der Waals surface area contributed by atoms with Crippen LogP contribution in [0.4, 0.5) is 0 Å². The number of rotatable bonds is 4. The van der Waals surface area contributed by atoms with Crippen molar-refractivity contribution in [2.24, 2.45) is 0 Å². The number of fused-ring (bicyclic) bond motifs is 2. The first-order valence-corrected chi connectivity index (χ1v) is 16.2. The standard InChI is InChI=1S/C43H40N3O.Pt/c1-27-36(43(5,6)7)26-34(30-16-11-15-29(24-30)33-20-12-14-28-17-13-23-44-38(28)33)39-40(27)46(32-18-9-8-10-19-32)41(45-39)35-25-31(42(2,3)4)21-22-37(35)47;/h8-23,25-26,47H,1-7H3;/q-1;. The number of aryl methyl sites for hydroxylation is 1. The Morgan fingerprint density at radius 3 is 2.06 bits per heavy atom. The fourth-order valence-electron chi connectivity index (χ4n) is 6.68. The summed E-state index contributed by atoms with van der Waals surface area (Å²) >= 11 is 0. The van der Waals surface area contributed by atoms with E-state index in [2.05, 4.69) is 138 Å². The largest absolute Gasteiger partial charge is 0.507 e. The van der Waals surface area contributed by atoms with E-state index in [0.717, 1.165) is 55.4 Å². The van der Waals surface area contributed by atoms with Gasteiger partial charge < -0.3 is 5.11 Å². The van der Waals surface area contributed by atoms with Gasteiger partial charge in [0.1, 0.15) is 11.6 Å². The fourth-order valence-corrected chi connectivity index (χ4v) is 6.68. The van der Waals surface area contributed by atoms with Gasteiger partial charge in [-0.05, 0) is 70.2 Å². The van der Waals surface area contributed by atoms with Crippen molar-refractivity contribution in [2.75, 3.05) is 0 Å². The van der Waals surface area contributed by atoms with E-state index in [1.807, 2.05) is 24.4 Å². The van der Waals surface area contributed by atoms with E-state index in [0.29, 0.717) is 11.4 Å². The van der Waals surface area contributed by atoms with Gasteiger partial charge in [0.2, 0.25) is 0 Å². The quantitative estimate of drug-likeness (QED) is 0.180. The molecule has 0 radical (unpaired) electrons. The van der Waals surface area contributed by atoms with E-state index in [-0.39, 0.29) is 37.6 Å². The van der Waals surface area contributed by atoms with Crippen molar-refractivity contribution in [3.8, 4) is 45.1 Å². The molecule has 0 unspecified atom stereocenters. The van der Waals surface area contributed by atoms with Gasteiger partial charge >= 0.3 is 0 Å². The van der Waals surface area contributed by atoms with E-state index in [9.17, 15) is 5.11 Å². The number of phenolic OH excluding ortho intramolecular Hbond substituents is 1. The number of para-hydroxylation sites is 2. The second-order valence-electron chi connectivity index (χ2n) is 14.5. The second-order valence-corrected chi connectivity index (χ2v) is 14.5. The predicted octanol–water partition coefficient (Wildman–Crippen LogP) is 11.0. The van der Waals surface area contributed by atoms with Crippen molar-refractivity contribution in [3.63, 3.8) is 0 Å². The van der Waals surface area contributed by atoms with Crippen LogP contribution in [0.15, 0.2) is 109 Å². The minimum Gasteiger partial charge on any atom is -0.507 e. The van der Waals surface area contributed by atoms with E-state index >= 15 is 0 Å². The van der Waals surface area contributed by atoms with Gasteiger partial charge in [0.25, 0.3) is 0 Å². The molecule has 7 rings (SSSR count). The molecule has 1 N–H and O–H groups in total. The van der Waals surface area contributed by atoms with Crippen LogP contribution in [-0.2, 0) is 31.9 Å². The van der Waals surface area contributed by atoms with Crippen LogP contribution in [0.1, 0.15) is 58.2 Å². The van der Waals surface area contributed by atoms with Gasteiger partial charge in [0.05, 0.1) is 16.6 Å². The summed E-state index contributed by atoms with van der Waals surface area (Å²) in [6, 6.07) is 39.0. The molecule has 4 nitrogen and oxygen atoms in total. The van der Waals surface area contributed by atoms with E-state index < -0.39 is 0 Å². The van der Waals surface area contributed by atoms with Crippen LogP contribution in [0.5, 0.6) is 5.75 Å². The van der Waals surface area contributed by atoms with E-state index in [4.69, 9.17) is 9.97 Å². The molecule has 0 aliphatic rings. The van der Waals surface area contributed by atoms with Crippen molar-refractivity contribution >= 4 is 21.9 Å². The van der Waals surface area contributed by atoms with Gasteiger partial charge in [-0.1, -0.05) is 107 Å². The second kappa shape index (κ2) is 12.5. The Hall–Kier alpha value is -4.53. The van der Waals surface area contributed by atoms with Crippen molar-refractivity contribution in [1.82, 2.24) is 14.5 Å². The van der Waals surface area contributed by atoms with Gasteiger partial charge in [0, 0.05) is 38.5 Å². The fraction of sp³-hybridized carbons (Fsp3) is 0.209. The minimum atomic E-state index is -0.134. The number of aromatic nitrogens is 3. The summed E-state index contributed by atoms with van der Waals surface area (Å²) in [6.45, 7) is 15.5. The van der Waals surface area contributed by atoms with Crippen LogP contribution in [0.2, 0.25) is 0 Å². The summed E-state index contributed by atoms with van der Waals surface area (Å²) in [5.74, 6) is 0.914. The number of benzene rings is 5. The van der Waals surface area contributed by atoms with Crippen molar-refractivity contribution in [1.29, 1.82) is 0 Å². The molecule has 5 heteroatoms. The average molecular weight is 810 g/mol. The molecule has 0 bridgehead atoms. The van der Waals surface area contributed by atoms with Crippen molar-refractivity contribution in [3.05, 3.63) is 132 Å². The number of phenols is 1. The van der Waals surface area contributed by atoms with Crippen LogP contribution >= 0.6 is 0 Å². The van der Waals surface area contributed by atoms with Gasteiger partial charge in [0.15, 0.2) is 0 Å². The number of nitrogens with zero attached hydrogens (tertiary/aromatic N) is 3. The molecular weight excluding hydrogens is 770 g/mol. The molecule has 0 spiro atoms. The topological polar surface area (TPSA) is 50.9 Å². The Labute approximate surface area is 297 Å². The number of hydrogen-bond acceptors (Lipinski definition) is 3. The molecule has 2 aromatic heterocycles. The third-order valence-corrected chi connectivity index (χ3v) is 9.11. The molecule has 0 aliphatic carbocycles. The molecule has 0 atom stereocenters. The normalized spacial score (nSPS) is 12.0. The van der Waals surface area contributed by atoms with Crippen LogP contribution in [0.3, 0.4) is 0 Å². The van der Waals surface area contributed by atoms with Crippen LogP contribution < -0.4 is 0 Å². The summed E-state index contributed by atoms with van der Waals surface area (Å²) in [4.78, 5) is 10.1. The monoisotopic (exact) mass is 809 g/mol. The summed E-state index contributed by atoms with van der Waals surface area (Å²) in [7, 11) is 0. The first kappa shape index (κ1) is 33.4.